The smallest absolute Gasteiger partial charge is 0.365 e. The minimum absolute atomic E-state index is 0.113. The van der Waals surface area contributed by atoms with Crippen LogP contribution in [0.2, 0.25) is 0 Å². The van der Waals surface area contributed by atoms with Crippen LogP contribution in [0.25, 0.3) is 10.9 Å². The van der Waals surface area contributed by atoms with Gasteiger partial charge in [0.15, 0.2) is 0 Å². The number of alkyl halides is 3. The standard InChI is InChI=1S/C24H26F3N3O/c25-24(26,27)18-8-9-22-19(15-18)21(28-29-22)7-3-4-12-30-13-10-23(11-14-30)20-6-2-1-5-17(20)16-31-23/h1-2,5-6,8-9,15H,3-4,7,10-14,16H2,(H,28,29). The molecule has 2 aliphatic heterocycles. The van der Waals surface area contributed by atoms with Crippen molar-refractivity contribution in [3.63, 3.8) is 0 Å². The molecule has 2 aliphatic rings. The number of hydrogen-bond acceptors (Lipinski definition) is 3. The van der Waals surface area contributed by atoms with E-state index in [1.165, 1.54) is 23.3 Å². The molecule has 1 fully saturated rings. The molecule has 0 amide bonds. The third-order valence-corrected chi connectivity index (χ3v) is 6.79. The van der Waals surface area contributed by atoms with Crippen LogP contribution in [0.15, 0.2) is 42.5 Å². The maximum Gasteiger partial charge on any atom is 0.416 e. The lowest BCUT2D eigenvalue weighted by molar-refractivity contribution is -0.137. The van der Waals surface area contributed by atoms with Gasteiger partial charge in [-0.05, 0) is 68.0 Å². The average molecular weight is 429 g/mol. The lowest BCUT2D eigenvalue weighted by Gasteiger charge is -2.39. The number of rotatable bonds is 5. The normalized spacial score (nSPS) is 18.7. The number of halogens is 3. The molecule has 0 saturated carbocycles. The summed E-state index contributed by atoms with van der Waals surface area (Å²) >= 11 is 0. The summed E-state index contributed by atoms with van der Waals surface area (Å²) in [5, 5.41) is 7.65. The first-order valence-corrected chi connectivity index (χ1v) is 10.9. The highest BCUT2D eigenvalue weighted by atomic mass is 19.4. The summed E-state index contributed by atoms with van der Waals surface area (Å²) in [5.74, 6) is 0. The number of ether oxygens (including phenoxy) is 1. The van der Waals surface area contributed by atoms with E-state index in [0.717, 1.165) is 57.1 Å². The second-order valence-electron chi connectivity index (χ2n) is 8.67. The van der Waals surface area contributed by atoms with E-state index >= 15 is 0 Å². The topological polar surface area (TPSA) is 41.2 Å². The molecule has 4 nitrogen and oxygen atoms in total. The Hall–Kier alpha value is -2.38. The molecule has 7 heteroatoms. The van der Waals surface area contributed by atoms with Crippen LogP contribution in [0, 0.1) is 0 Å². The summed E-state index contributed by atoms with van der Waals surface area (Å²) in [6.07, 6.45) is 0.299. The number of nitrogens with zero attached hydrogens (tertiary/aromatic N) is 2. The first kappa shape index (κ1) is 20.5. The predicted octanol–water partition coefficient (Wildman–Crippen LogP) is 5.43. The van der Waals surface area contributed by atoms with E-state index in [0.29, 0.717) is 23.9 Å². The molecule has 0 unspecified atom stereocenters. The maximum absolute atomic E-state index is 13.0. The van der Waals surface area contributed by atoms with Gasteiger partial charge in [0.25, 0.3) is 0 Å². The highest BCUT2D eigenvalue weighted by molar-refractivity contribution is 5.82. The lowest BCUT2D eigenvalue weighted by Crippen LogP contribution is -2.42. The van der Waals surface area contributed by atoms with Crippen molar-refractivity contribution in [1.82, 2.24) is 15.1 Å². The molecular weight excluding hydrogens is 403 g/mol. The predicted molar refractivity (Wildman–Crippen MR) is 113 cm³/mol. The summed E-state index contributed by atoms with van der Waals surface area (Å²) in [5.41, 5.74) is 3.31. The van der Waals surface area contributed by atoms with Gasteiger partial charge in [0, 0.05) is 24.2 Å². The number of benzene rings is 2. The number of piperidine rings is 1. The number of unbranched alkanes of at least 4 members (excludes halogenated alkanes) is 1. The lowest BCUT2D eigenvalue weighted by atomic mass is 9.84. The Balaban J connectivity index is 1.13. The van der Waals surface area contributed by atoms with Crippen LogP contribution < -0.4 is 0 Å². The summed E-state index contributed by atoms with van der Waals surface area (Å²) in [6.45, 7) is 3.73. The fourth-order valence-corrected chi connectivity index (χ4v) is 5.00. The first-order valence-electron chi connectivity index (χ1n) is 10.9. The van der Waals surface area contributed by atoms with E-state index in [-0.39, 0.29) is 5.60 Å². The van der Waals surface area contributed by atoms with Crippen molar-refractivity contribution >= 4 is 10.9 Å². The molecule has 1 N–H and O–H groups in total. The van der Waals surface area contributed by atoms with Crippen LogP contribution >= 0.6 is 0 Å². The van der Waals surface area contributed by atoms with Crippen LogP contribution in [-0.2, 0) is 29.5 Å². The highest BCUT2D eigenvalue weighted by Gasteiger charge is 2.42. The molecule has 3 aromatic rings. The number of fused-ring (bicyclic) bond motifs is 3. The van der Waals surface area contributed by atoms with E-state index in [4.69, 9.17) is 4.74 Å². The van der Waals surface area contributed by atoms with Crippen molar-refractivity contribution in [3.8, 4) is 0 Å². The molecule has 1 aromatic heterocycles. The van der Waals surface area contributed by atoms with Gasteiger partial charge in [-0.15, -0.1) is 0 Å². The van der Waals surface area contributed by atoms with E-state index in [1.807, 2.05) is 0 Å². The van der Waals surface area contributed by atoms with Crippen molar-refractivity contribution in [1.29, 1.82) is 0 Å². The van der Waals surface area contributed by atoms with E-state index in [9.17, 15) is 13.2 Å². The minimum Gasteiger partial charge on any atom is -0.365 e. The molecule has 0 aliphatic carbocycles. The zero-order valence-electron chi connectivity index (χ0n) is 17.3. The molecule has 1 saturated heterocycles. The summed E-state index contributed by atoms with van der Waals surface area (Å²) in [7, 11) is 0. The van der Waals surface area contributed by atoms with Gasteiger partial charge in [-0.25, -0.2) is 0 Å². The Morgan fingerprint density at radius 1 is 1.06 bits per heavy atom. The molecule has 5 rings (SSSR count). The second kappa shape index (κ2) is 7.95. The van der Waals surface area contributed by atoms with Crippen LogP contribution in [0.4, 0.5) is 13.2 Å². The van der Waals surface area contributed by atoms with Crippen molar-refractivity contribution < 1.29 is 17.9 Å². The molecule has 3 heterocycles. The Morgan fingerprint density at radius 2 is 1.87 bits per heavy atom. The molecule has 164 valence electrons. The van der Waals surface area contributed by atoms with Gasteiger partial charge in [0.05, 0.1) is 23.3 Å². The number of aromatic amines is 1. The average Bonchev–Trinajstić information content (AvgIpc) is 3.34. The van der Waals surface area contributed by atoms with Gasteiger partial charge in [0.1, 0.15) is 0 Å². The fraction of sp³-hybridized carbons (Fsp3) is 0.458. The molecule has 2 aromatic carbocycles. The monoisotopic (exact) mass is 429 g/mol. The number of likely N-dealkylation sites (tertiary alicyclic amines) is 1. The van der Waals surface area contributed by atoms with Crippen LogP contribution in [0.5, 0.6) is 0 Å². The van der Waals surface area contributed by atoms with E-state index < -0.39 is 11.7 Å². The van der Waals surface area contributed by atoms with Gasteiger partial charge in [-0.1, -0.05) is 24.3 Å². The molecular formula is C24H26F3N3O. The summed E-state index contributed by atoms with van der Waals surface area (Å²) in [6, 6.07) is 12.3. The Bertz CT molecular complexity index is 1070. The van der Waals surface area contributed by atoms with Crippen molar-refractivity contribution in [2.24, 2.45) is 0 Å². The Labute approximate surface area is 179 Å². The Morgan fingerprint density at radius 3 is 2.68 bits per heavy atom. The van der Waals surface area contributed by atoms with Gasteiger partial charge in [0.2, 0.25) is 0 Å². The molecule has 0 atom stereocenters. The van der Waals surface area contributed by atoms with Crippen LogP contribution in [0.1, 0.15) is 48.1 Å². The van der Waals surface area contributed by atoms with Gasteiger partial charge >= 0.3 is 6.18 Å². The second-order valence-corrected chi connectivity index (χ2v) is 8.67. The number of nitrogens with one attached hydrogen (secondary N) is 1. The van der Waals surface area contributed by atoms with Crippen molar-refractivity contribution in [3.05, 3.63) is 64.8 Å². The zero-order valence-corrected chi connectivity index (χ0v) is 17.3. The SMILES string of the molecule is FC(F)(F)c1ccc2n[nH]c(CCCCN3CCC4(CC3)OCc3ccccc34)c2c1. The van der Waals surface area contributed by atoms with E-state index in [2.05, 4.69) is 39.4 Å². The molecule has 1 spiro atoms. The summed E-state index contributed by atoms with van der Waals surface area (Å²) < 4.78 is 45.3. The maximum atomic E-state index is 13.0. The van der Waals surface area contributed by atoms with E-state index in [1.54, 1.807) is 0 Å². The molecule has 0 radical (unpaired) electrons. The van der Waals surface area contributed by atoms with Crippen molar-refractivity contribution in [2.45, 2.75) is 50.5 Å². The quantitative estimate of drug-likeness (QED) is 0.550. The highest BCUT2D eigenvalue weighted by Crippen LogP contribution is 2.44. The molecule has 0 bridgehead atoms. The van der Waals surface area contributed by atoms with Gasteiger partial charge < -0.3 is 9.64 Å². The first-order chi connectivity index (χ1) is 14.9. The molecule has 31 heavy (non-hydrogen) atoms. The minimum atomic E-state index is -4.34. The number of H-pyrrole nitrogens is 1. The van der Waals surface area contributed by atoms with Crippen LogP contribution in [0.3, 0.4) is 0 Å². The number of hydrogen-bond donors (Lipinski definition) is 1. The largest absolute Gasteiger partial charge is 0.416 e. The Kier molecular flexibility index (Phi) is 5.26. The number of aryl methyl sites for hydroxylation is 1. The van der Waals surface area contributed by atoms with Crippen molar-refractivity contribution in [2.75, 3.05) is 19.6 Å². The fourth-order valence-electron chi connectivity index (χ4n) is 5.00. The summed E-state index contributed by atoms with van der Waals surface area (Å²) in [4.78, 5) is 2.47. The zero-order chi connectivity index (χ0) is 21.5. The van der Waals surface area contributed by atoms with Gasteiger partial charge in [-0.3, -0.25) is 5.10 Å². The van der Waals surface area contributed by atoms with Crippen LogP contribution in [-0.4, -0.2) is 34.7 Å². The van der Waals surface area contributed by atoms with Gasteiger partial charge in [-0.2, -0.15) is 18.3 Å². The number of aromatic nitrogens is 2. The third-order valence-electron chi connectivity index (χ3n) is 6.79. The third kappa shape index (κ3) is 3.96.